The Morgan fingerprint density at radius 2 is 1.78 bits per heavy atom. The van der Waals surface area contributed by atoms with Gasteiger partial charge < -0.3 is 25.0 Å². The molecule has 10 heteroatoms. The SMILES string of the molecule is CC(=O)O.O=C1NCCN(C(=O)/C=C/c2ccccc2)CCCOc2cccc(c2)[C@H]2CN(C(=O)CCc3cccnc3)C[C@H]12. The summed E-state index contributed by atoms with van der Waals surface area (Å²) in [5, 5.41) is 10.5. The molecule has 0 spiro atoms. The lowest BCUT2D eigenvalue weighted by atomic mass is 9.88. The average molecular weight is 613 g/mol. The summed E-state index contributed by atoms with van der Waals surface area (Å²) in [6.07, 6.45) is 8.51. The van der Waals surface area contributed by atoms with Crippen molar-refractivity contribution in [3.8, 4) is 5.75 Å². The van der Waals surface area contributed by atoms with E-state index in [0.29, 0.717) is 58.6 Å². The van der Waals surface area contributed by atoms with E-state index in [0.717, 1.165) is 29.4 Å². The third kappa shape index (κ3) is 10.3. The number of carbonyl (C=O) groups excluding carboxylic acids is 3. The highest BCUT2D eigenvalue weighted by atomic mass is 16.5. The lowest BCUT2D eigenvalue weighted by Crippen LogP contribution is -2.42. The summed E-state index contributed by atoms with van der Waals surface area (Å²) in [4.78, 5) is 56.4. The van der Waals surface area contributed by atoms with E-state index in [4.69, 9.17) is 14.6 Å². The number of pyridine rings is 1. The normalized spacial score (nSPS) is 18.5. The van der Waals surface area contributed by atoms with E-state index < -0.39 is 11.9 Å². The van der Waals surface area contributed by atoms with Gasteiger partial charge in [0.1, 0.15) is 5.75 Å². The number of carboxylic acid groups (broad SMARTS) is 1. The van der Waals surface area contributed by atoms with Gasteiger partial charge in [-0.1, -0.05) is 48.5 Å². The number of hydrogen-bond acceptors (Lipinski definition) is 6. The van der Waals surface area contributed by atoms with Crippen molar-refractivity contribution in [1.29, 1.82) is 0 Å². The molecule has 3 aromatic rings. The number of nitrogens with one attached hydrogen (secondary N) is 1. The van der Waals surface area contributed by atoms with Gasteiger partial charge in [-0.05, 0) is 53.8 Å². The van der Waals surface area contributed by atoms with Gasteiger partial charge in [-0.15, -0.1) is 0 Å². The molecular formula is C35H40N4O6. The predicted molar refractivity (Wildman–Crippen MR) is 170 cm³/mol. The van der Waals surface area contributed by atoms with Gasteiger partial charge in [-0.3, -0.25) is 24.2 Å². The fourth-order valence-electron chi connectivity index (χ4n) is 5.46. The van der Waals surface area contributed by atoms with Crippen molar-refractivity contribution in [2.75, 3.05) is 39.3 Å². The number of carbonyl (C=O) groups is 4. The van der Waals surface area contributed by atoms with Crippen LogP contribution < -0.4 is 10.1 Å². The van der Waals surface area contributed by atoms with Crippen LogP contribution in [0.25, 0.3) is 6.08 Å². The van der Waals surface area contributed by atoms with Crippen molar-refractivity contribution in [3.63, 3.8) is 0 Å². The summed E-state index contributed by atoms with van der Waals surface area (Å²) < 4.78 is 6.04. The van der Waals surface area contributed by atoms with Crippen LogP contribution >= 0.6 is 0 Å². The molecule has 0 saturated carbocycles. The maximum Gasteiger partial charge on any atom is 0.300 e. The molecule has 236 valence electrons. The van der Waals surface area contributed by atoms with Gasteiger partial charge in [0.25, 0.3) is 5.97 Å². The average Bonchev–Trinajstić information content (AvgIpc) is 3.50. The standard InChI is InChI=1S/C33H36N4O4.C2H4O2/c38-31(14-12-25-7-2-1-3-8-25)36-18-6-20-41-28-11-4-10-27(21-28)29-23-37(24-30(29)33(40)35-17-19-36)32(39)15-13-26-9-5-16-34-22-26;1-2(3)4/h1-5,7-12,14,16,21-22,29-30H,6,13,15,17-20,23-24H2,(H,35,40);1H3,(H,3,4)/b14-12+;/t29-,30+;/m1./s1. The number of ether oxygens (including phenoxy) is 1. The highest BCUT2D eigenvalue weighted by molar-refractivity contribution is 5.92. The fourth-order valence-corrected chi connectivity index (χ4v) is 5.46. The van der Waals surface area contributed by atoms with Crippen molar-refractivity contribution in [1.82, 2.24) is 20.1 Å². The fraction of sp³-hybridized carbons (Fsp3) is 0.343. The predicted octanol–water partition coefficient (Wildman–Crippen LogP) is 3.79. The van der Waals surface area contributed by atoms with E-state index in [9.17, 15) is 14.4 Å². The zero-order valence-electron chi connectivity index (χ0n) is 25.5. The van der Waals surface area contributed by atoms with Crippen molar-refractivity contribution >= 4 is 29.8 Å². The van der Waals surface area contributed by atoms with Gasteiger partial charge in [0, 0.05) is 70.5 Å². The van der Waals surface area contributed by atoms with Crippen LogP contribution in [0.3, 0.4) is 0 Å². The molecule has 0 aliphatic carbocycles. The van der Waals surface area contributed by atoms with Gasteiger partial charge in [0.15, 0.2) is 0 Å². The van der Waals surface area contributed by atoms with E-state index in [1.807, 2.05) is 66.7 Å². The molecule has 3 heterocycles. The van der Waals surface area contributed by atoms with Crippen LogP contribution in [0.15, 0.2) is 85.2 Å². The molecule has 1 saturated heterocycles. The van der Waals surface area contributed by atoms with E-state index in [2.05, 4.69) is 10.3 Å². The summed E-state index contributed by atoms with van der Waals surface area (Å²) in [6.45, 7) is 3.62. The second-order valence-corrected chi connectivity index (χ2v) is 11.0. The number of amides is 3. The van der Waals surface area contributed by atoms with Gasteiger partial charge >= 0.3 is 0 Å². The highest BCUT2D eigenvalue weighted by Gasteiger charge is 2.40. The molecule has 5 rings (SSSR count). The largest absolute Gasteiger partial charge is 0.494 e. The Morgan fingerprint density at radius 1 is 1.00 bits per heavy atom. The molecule has 2 aromatic carbocycles. The molecule has 2 bridgehead atoms. The maximum absolute atomic E-state index is 13.5. The number of aliphatic carboxylic acids is 1. The Bertz CT molecular complexity index is 1460. The minimum Gasteiger partial charge on any atom is -0.494 e. The Balaban J connectivity index is 0.00000109. The number of aromatic nitrogens is 1. The number of carboxylic acids is 1. The molecule has 2 aliphatic heterocycles. The number of fused-ring (bicyclic) bond motifs is 4. The summed E-state index contributed by atoms with van der Waals surface area (Å²) >= 11 is 0. The second kappa shape index (κ2) is 16.7. The molecule has 2 atom stereocenters. The zero-order chi connectivity index (χ0) is 32.0. The van der Waals surface area contributed by atoms with Crippen LogP contribution in [0.2, 0.25) is 0 Å². The van der Waals surface area contributed by atoms with Crippen LogP contribution in [0, 0.1) is 5.92 Å². The number of aryl methyl sites for hydroxylation is 1. The van der Waals surface area contributed by atoms with Crippen molar-refractivity contribution in [2.45, 2.75) is 32.1 Å². The first kappa shape index (κ1) is 32.9. The van der Waals surface area contributed by atoms with Crippen LogP contribution in [0.1, 0.15) is 42.4 Å². The molecular weight excluding hydrogens is 572 g/mol. The Kier molecular flexibility index (Phi) is 12.2. The lowest BCUT2D eigenvalue weighted by Gasteiger charge is -2.24. The Labute approximate surface area is 263 Å². The van der Waals surface area contributed by atoms with E-state index >= 15 is 0 Å². The van der Waals surface area contributed by atoms with Crippen LogP contribution in [-0.4, -0.2) is 82.9 Å². The Morgan fingerprint density at radius 3 is 2.53 bits per heavy atom. The first-order valence-corrected chi connectivity index (χ1v) is 15.2. The van der Waals surface area contributed by atoms with Crippen molar-refractivity contribution in [3.05, 3.63) is 102 Å². The van der Waals surface area contributed by atoms with Crippen LogP contribution in [0.4, 0.5) is 0 Å². The summed E-state index contributed by atoms with van der Waals surface area (Å²) in [7, 11) is 0. The van der Waals surface area contributed by atoms with Crippen molar-refractivity contribution < 1.29 is 29.0 Å². The smallest absolute Gasteiger partial charge is 0.300 e. The second-order valence-electron chi connectivity index (χ2n) is 11.0. The topological polar surface area (TPSA) is 129 Å². The Hall–Kier alpha value is -4.99. The zero-order valence-corrected chi connectivity index (χ0v) is 25.5. The monoisotopic (exact) mass is 612 g/mol. The summed E-state index contributed by atoms with van der Waals surface area (Å²) in [6, 6.07) is 21.3. The van der Waals surface area contributed by atoms with E-state index in [1.54, 1.807) is 34.3 Å². The van der Waals surface area contributed by atoms with Crippen LogP contribution in [-0.2, 0) is 25.6 Å². The van der Waals surface area contributed by atoms with Gasteiger partial charge in [0.05, 0.1) is 12.5 Å². The molecule has 1 aromatic heterocycles. The molecule has 2 aliphatic rings. The molecule has 1 fully saturated rings. The van der Waals surface area contributed by atoms with Crippen molar-refractivity contribution in [2.24, 2.45) is 5.92 Å². The number of rotatable bonds is 5. The summed E-state index contributed by atoms with van der Waals surface area (Å²) in [5.41, 5.74) is 2.95. The number of hydrogen-bond donors (Lipinski definition) is 2. The van der Waals surface area contributed by atoms with Gasteiger partial charge in [-0.2, -0.15) is 0 Å². The first-order chi connectivity index (χ1) is 21.8. The molecule has 3 amide bonds. The third-order valence-electron chi connectivity index (χ3n) is 7.70. The molecule has 2 N–H and O–H groups in total. The summed E-state index contributed by atoms with van der Waals surface area (Å²) in [5.74, 6) is -0.828. The third-order valence-corrected chi connectivity index (χ3v) is 7.70. The number of benzene rings is 2. The highest BCUT2D eigenvalue weighted by Crippen LogP contribution is 2.35. The lowest BCUT2D eigenvalue weighted by molar-refractivity contribution is -0.134. The molecule has 45 heavy (non-hydrogen) atoms. The van der Waals surface area contributed by atoms with Gasteiger partial charge in [-0.25, -0.2) is 0 Å². The van der Waals surface area contributed by atoms with Crippen LogP contribution in [0.5, 0.6) is 5.75 Å². The van der Waals surface area contributed by atoms with Gasteiger partial charge in [0.2, 0.25) is 17.7 Å². The molecule has 10 nitrogen and oxygen atoms in total. The minimum absolute atomic E-state index is 0.0291. The maximum atomic E-state index is 13.5. The quantitative estimate of drug-likeness (QED) is 0.420. The molecule has 0 unspecified atom stereocenters. The minimum atomic E-state index is -0.833. The van der Waals surface area contributed by atoms with E-state index in [-0.39, 0.29) is 23.6 Å². The number of likely N-dealkylation sites (tertiary alicyclic amines) is 1. The molecule has 0 radical (unpaired) electrons. The number of nitrogens with zero attached hydrogens (tertiary/aromatic N) is 3. The van der Waals surface area contributed by atoms with E-state index in [1.165, 1.54) is 0 Å². The first-order valence-electron chi connectivity index (χ1n) is 15.2.